The summed E-state index contributed by atoms with van der Waals surface area (Å²) in [5, 5.41) is 30.8. The van der Waals surface area contributed by atoms with Gasteiger partial charge in [0.1, 0.15) is 17.3 Å². The Morgan fingerprint density at radius 3 is 2.45 bits per heavy atom. The van der Waals surface area contributed by atoms with Crippen LogP contribution in [0.5, 0.6) is 0 Å². The first-order valence-corrected chi connectivity index (χ1v) is 14.5. The van der Waals surface area contributed by atoms with Crippen molar-refractivity contribution in [3.8, 4) is 0 Å². The van der Waals surface area contributed by atoms with Gasteiger partial charge in [-0.1, -0.05) is 38.3 Å². The molecule has 0 radical (unpaired) electrons. The topological polar surface area (TPSA) is 168 Å². The van der Waals surface area contributed by atoms with E-state index in [0.29, 0.717) is 22.6 Å². The van der Waals surface area contributed by atoms with Gasteiger partial charge in [0.05, 0.1) is 30.1 Å². The van der Waals surface area contributed by atoms with Crippen LogP contribution in [0.15, 0.2) is 33.6 Å². The number of carbonyl (C=O) groups excluding carboxylic acids is 1. The lowest BCUT2D eigenvalue weighted by atomic mass is 9.73. The summed E-state index contributed by atoms with van der Waals surface area (Å²) >= 11 is 0. The van der Waals surface area contributed by atoms with Gasteiger partial charge >= 0.3 is 17.6 Å². The summed E-state index contributed by atoms with van der Waals surface area (Å²) < 4.78 is 6.68. The highest BCUT2D eigenvalue weighted by atomic mass is 16.4. The van der Waals surface area contributed by atoms with Crippen molar-refractivity contribution in [3.63, 3.8) is 0 Å². The number of carboxylic acids is 2. The molecule has 226 valence electrons. The predicted molar refractivity (Wildman–Crippen MR) is 155 cm³/mol. The smallest absolute Gasteiger partial charge is 0.340 e. The van der Waals surface area contributed by atoms with Crippen molar-refractivity contribution in [2.45, 2.75) is 84.2 Å². The first-order chi connectivity index (χ1) is 20.0. The third-order valence-electron chi connectivity index (χ3n) is 8.72. The van der Waals surface area contributed by atoms with E-state index >= 15 is 0 Å². The average molecular weight is 582 g/mol. The first-order valence-electron chi connectivity index (χ1n) is 14.5. The standard InChI is InChI=1S/C30H39N5O7/c1-5-34(6-2)30(4,19-10-8-7-9-11-19)25-17-35(33-32-25)23(16-27(38)39)28(40)31-20-12-13-21-18(3)22(15-26(36)37)29(41)42-24(21)14-20/h12-14,17,19,23H,5-11,15-16H2,1-4H3,(H,31,40)(H,36,37)(H,38,39)/t23?,30-/m0/s1. The molecule has 4 rings (SSSR count). The van der Waals surface area contributed by atoms with Gasteiger partial charge in [-0.05, 0) is 63.4 Å². The molecule has 3 aromatic rings. The van der Waals surface area contributed by atoms with Gasteiger partial charge in [0.15, 0.2) is 0 Å². The molecule has 1 amide bonds. The molecule has 1 saturated carbocycles. The fourth-order valence-corrected chi connectivity index (χ4v) is 6.36. The minimum absolute atomic E-state index is 0.0558. The van der Waals surface area contributed by atoms with Crippen molar-refractivity contribution >= 4 is 34.5 Å². The van der Waals surface area contributed by atoms with Gasteiger partial charge in [-0.2, -0.15) is 0 Å². The minimum atomic E-state index is -1.18. The molecule has 0 saturated heterocycles. The van der Waals surface area contributed by atoms with Crippen LogP contribution >= 0.6 is 0 Å². The lowest BCUT2D eigenvalue weighted by Crippen LogP contribution is -2.50. The summed E-state index contributed by atoms with van der Waals surface area (Å²) in [7, 11) is 0. The van der Waals surface area contributed by atoms with Crippen molar-refractivity contribution in [2.24, 2.45) is 5.92 Å². The SMILES string of the molecule is CCN(CC)[C@](C)(c1cn(C(CC(=O)O)C(=O)Nc2ccc3c(C)c(CC(=O)O)c(=O)oc3c2)nn1)C1CCCCC1. The van der Waals surface area contributed by atoms with Gasteiger partial charge in [0.2, 0.25) is 5.91 Å². The quantitative estimate of drug-likeness (QED) is 0.265. The summed E-state index contributed by atoms with van der Waals surface area (Å²) in [6.45, 7) is 9.64. The van der Waals surface area contributed by atoms with E-state index in [1.54, 1.807) is 25.3 Å². The van der Waals surface area contributed by atoms with E-state index in [2.05, 4.69) is 41.3 Å². The van der Waals surface area contributed by atoms with Gasteiger partial charge in [0.25, 0.3) is 0 Å². The van der Waals surface area contributed by atoms with E-state index in [1.165, 1.54) is 17.2 Å². The zero-order chi connectivity index (χ0) is 30.6. The summed E-state index contributed by atoms with van der Waals surface area (Å²) in [4.78, 5) is 51.2. The molecule has 1 aliphatic rings. The summed E-state index contributed by atoms with van der Waals surface area (Å²) in [6.07, 6.45) is 6.35. The molecule has 42 heavy (non-hydrogen) atoms. The van der Waals surface area contributed by atoms with Gasteiger partial charge in [0, 0.05) is 17.1 Å². The second-order valence-electron chi connectivity index (χ2n) is 11.1. The van der Waals surface area contributed by atoms with E-state index in [1.807, 2.05) is 0 Å². The molecular formula is C30H39N5O7. The van der Waals surface area contributed by atoms with Crippen LogP contribution in [0.1, 0.15) is 82.2 Å². The fraction of sp³-hybridized carbons (Fsp3) is 0.533. The van der Waals surface area contributed by atoms with E-state index in [-0.39, 0.29) is 16.8 Å². The number of carbonyl (C=O) groups is 3. The summed E-state index contributed by atoms with van der Waals surface area (Å²) in [5.74, 6) is -2.57. The third kappa shape index (κ3) is 6.23. The zero-order valence-corrected chi connectivity index (χ0v) is 24.6. The largest absolute Gasteiger partial charge is 0.481 e. The number of rotatable bonds is 12. The number of anilines is 1. The number of fused-ring (bicyclic) bond motifs is 1. The molecule has 1 fully saturated rings. The van der Waals surface area contributed by atoms with E-state index in [0.717, 1.165) is 38.8 Å². The molecule has 1 aromatic carbocycles. The van der Waals surface area contributed by atoms with E-state index < -0.39 is 47.9 Å². The minimum Gasteiger partial charge on any atom is -0.481 e. The van der Waals surface area contributed by atoms with Crippen LogP contribution < -0.4 is 10.9 Å². The molecule has 2 heterocycles. The maximum atomic E-state index is 13.5. The number of hydrogen-bond donors (Lipinski definition) is 3. The molecule has 3 N–H and O–H groups in total. The fourth-order valence-electron chi connectivity index (χ4n) is 6.36. The lowest BCUT2D eigenvalue weighted by molar-refractivity contribution is -0.140. The molecule has 0 bridgehead atoms. The predicted octanol–water partition coefficient (Wildman–Crippen LogP) is 4.11. The van der Waals surface area contributed by atoms with Crippen molar-refractivity contribution in [3.05, 3.63) is 51.6 Å². The molecule has 12 nitrogen and oxygen atoms in total. The number of aliphatic carboxylic acids is 2. The van der Waals surface area contributed by atoms with Gasteiger partial charge in [-0.25, -0.2) is 9.48 Å². The third-order valence-corrected chi connectivity index (χ3v) is 8.72. The molecule has 0 aliphatic heterocycles. The second kappa shape index (κ2) is 12.8. The number of nitrogens with zero attached hydrogens (tertiary/aromatic N) is 4. The first kappa shape index (κ1) is 30.9. The number of aromatic nitrogens is 3. The van der Waals surface area contributed by atoms with Crippen LogP contribution in [0.4, 0.5) is 5.69 Å². The maximum absolute atomic E-state index is 13.5. The lowest BCUT2D eigenvalue weighted by Gasteiger charge is -2.46. The highest BCUT2D eigenvalue weighted by Gasteiger charge is 2.43. The van der Waals surface area contributed by atoms with Crippen molar-refractivity contribution < 1.29 is 29.0 Å². The van der Waals surface area contributed by atoms with Crippen molar-refractivity contribution in [1.29, 1.82) is 0 Å². The van der Waals surface area contributed by atoms with E-state index in [9.17, 15) is 24.3 Å². The van der Waals surface area contributed by atoms with Gasteiger partial charge < -0.3 is 19.9 Å². The Morgan fingerprint density at radius 2 is 1.83 bits per heavy atom. The summed E-state index contributed by atoms with van der Waals surface area (Å²) in [5.41, 5.74) is 0.520. The Kier molecular flexibility index (Phi) is 9.45. The second-order valence-corrected chi connectivity index (χ2v) is 11.1. The molecule has 2 atom stereocenters. The Bertz CT molecular complexity index is 1520. The number of aryl methyl sites for hydroxylation is 1. The Hall–Kier alpha value is -4.06. The number of benzene rings is 1. The number of nitrogens with one attached hydrogen (secondary N) is 1. The molecule has 2 aromatic heterocycles. The molecule has 12 heteroatoms. The van der Waals surface area contributed by atoms with Gasteiger partial charge in [-0.3, -0.25) is 19.3 Å². The highest BCUT2D eigenvalue weighted by molar-refractivity contribution is 5.97. The number of hydrogen-bond acceptors (Lipinski definition) is 8. The molecule has 1 unspecified atom stereocenters. The van der Waals surface area contributed by atoms with Crippen LogP contribution in [0, 0.1) is 12.8 Å². The highest BCUT2D eigenvalue weighted by Crippen LogP contribution is 2.42. The van der Waals surface area contributed by atoms with Crippen LogP contribution in [-0.4, -0.2) is 61.0 Å². The molecular weight excluding hydrogens is 542 g/mol. The number of carboxylic acid groups (broad SMARTS) is 2. The van der Waals surface area contributed by atoms with Gasteiger partial charge in [-0.15, -0.1) is 5.10 Å². The van der Waals surface area contributed by atoms with Crippen LogP contribution in [0.3, 0.4) is 0 Å². The average Bonchev–Trinajstić information content (AvgIpc) is 3.45. The monoisotopic (exact) mass is 581 g/mol. The Balaban J connectivity index is 1.65. The Labute approximate surface area is 243 Å². The molecule has 1 aliphatic carbocycles. The normalized spacial score (nSPS) is 16.3. The van der Waals surface area contributed by atoms with Crippen LogP contribution in [0.25, 0.3) is 11.0 Å². The Morgan fingerprint density at radius 1 is 1.14 bits per heavy atom. The van der Waals surface area contributed by atoms with Crippen LogP contribution in [-0.2, 0) is 26.3 Å². The van der Waals surface area contributed by atoms with Crippen molar-refractivity contribution in [2.75, 3.05) is 18.4 Å². The summed E-state index contributed by atoms with van der Waals surface area (Å²) in [6, 6.07) is 3.48. The van der Waals surface area contributed by atoms with E-state index in [4.69, 9.17) is 9.52 Å². The maximum Gasteiger partial charge on any atom is 0.340 e. The molecule has 0 spiro atoms. The van der Waals surface area contributed by atoms with Crippen molar-refractivity contribution in [1.82, 2.24) is 19.9 Å². The number of amides is 1. The van der Waals surface area contributed by atoms with Crippen LogP contribution in [0.2, 0.25) is 0 Å². The zero-order valence-electron chi connectivity index (χ0n) is 24.6.